The number of piperidine rings is 1. The van der Waals surface area contributed by atoms with Crippen LogP contribution in [0.5, 0.6) is 0 Å². The molecule has 0 N–H and O–H groups in total. The molecule has 0 unspecified atom stereocenters. The molecule has 172 valence electrons. The van der Waals surface area contributed by atoms with Crippen molar-refractivity contribution in [2.24, 2.45) is 5.41 Å². The lowest BCUT2D eigenvalue weighted by molar-refractivity contribution is 0.232. The minimum Gasteiger partial charge on any atom is -0.355 e. The Morgan fingerprint density at radius 2 is 1.82 bits per heavy atom. The lowest BCUT2D eigenvalue weighted by Crippen LogP contribution is -2.41. The number of hydrogen-bond acceptors (Lipinski definition) is 6. The van der Waals surface area contributed by atoms with Crippen LogP contribution in [0.2, 0.25) is 14.5 Å². The van der Waals surface area contributed by atoms with Crippen LogP contribution in [0.4, 0.5) is 5.82 Å². The molecule has 1 aromatic carbocycles. The molecule has 0 atom stereocenters. The fourth-order valence-corrected chi connectivity index (χ4v) is 8.18. The molecule has 1 spiro atoms. The number of thiazole rings is 1. The molecule has 5 heterocycles. The first kappa shape index (κ1) is 21.5. The van der Waals surface area contributed by atoms with Crippen LogP contribution < -0.4 is 4.90 Å². The average Bonchev–Trinajstić information content (AvgIpc) is 3.56. The molecule has 0 saturated carbocycles. The Labute approximate surface area is 219 Å². The summed E-state index contributed by atoms with van der Waals surface area (Å²) in [5, 5.41) is 1.12. The zero-order valence-electron chi connectivity index (χ0n) is 17.9. The lowest BCUT2D eigenvalue weighted by atomic mass is 9.76. The fourth-order valence-electron chi connectivity index (χ4n) is 5.39. The minimum atomic E-state index is 0.327. The number of anilines is 1. The first-order chi connectivity index (χ1) is 16.5. The standard InChI is InChI=1S/C24H18Cl3N5S2/c25-13-2-1-3-16(20(13)26)33-17-4-5-19-30-21(15-12-28-22(17)32(15)19)31-8-6-24(7-9-31)10-14-18(11-24)34-23(27)29-14/h1-5,12H,6-11H2. The highest BCUT2D eigenvalue weighted by atomic mass is 35.5. The monoisotopic (exact) mass is 545 g/mol. The molecule has 2 aliphatic rings. The van der Waals surface area contributed by atoms with Crippen LogP contribution in [0.15, 0.2) is 46.3 Å². The molecular weight excluding hydrogens is 529 g/mol. The number of pyridine rings is 1. The molecule has 4 aromatic heterocycles. The van der Waals surface area contributed by atoms with Gasteiger partial charge in [-0.25, -0.2) is 15.0 Å². The zero-order chi connectivity index (χ0) is 23.0. The van der Waals surface area contributed by atoms with E-state index >= 15 is 0 Å². The predicted molar refractivity (Wildman–Crippen MR) is 141 cm³/mol. The smallest absolute Gasteiger partial charge is 0.184 e. The molecule has 1 aliphatic heterocycles. The highest BCUT2D eigenvalue weighted by molar-refractivity contribution is 7.99. The molecule has 1 saturated heterocycles. The molecule has 10 heteroatoms. The molecule has 34 heavy (non-hydrogen) atoms. The third-order valence-corrected chi connectivity index (χ3v) is 10.4. The molecule has 1 fully saturated rings. The second kappa shape index (κ2) is 7.87. The Kier molecular flexibility index (Phi) is 4.98. The van der Waals surface area contributed by atoms with Gasteiger partial charge < -0.3 is 4.90 Å². The Morgan fingerprint density at radius 1 is 0.971 bits per heavy atom. The minimum absolute atomic E-state index is 0.327. The van der Waals surface area contributed by atoms with Gasteiger partial charge in [-0.3, -0.25) is 4.40 Å². The van der Waals surface area contributed by atoms with Crippen molar-refractivity contribution in [3.8, 4) is 0 Å². The van der Waals surface area contributed by atoms with E-state index in [1.54, 1.807) is 29.2 Å². The summed E-state index contributed by atoms with van der Waals surface area (Å²) >= 11 is 22.0. The van der Waals surface area contributed by atoms with E-state index in [9.17, 15) is 0 Å². The van der Waals surface area contributed by atoms with Gasteiger partial charge in [0.25, 0.3) is 0 Å². The lowest BCUT2D eigenvalue weighted by Gasteiger charge is -2.39. The van der Waals surface area contributed by atoms with Crippen molar-refractivity contribution in [1.82, 2.24) is 19.4 Å². The number of halogens is 3. The highest BCUT2D eigenvalue weighted by Crippen LogP contribution is 2.48. The molecule has 0 amide bonds. The van der Waals surface area contributed by atoms with Crippen LogP contribution >= 0.6 is 57.9 Å². The van der Waals surface area contributed by atoms with E-state index in [0.29, 0.717) is 19.9 Å². The number of fused-ring (bicyclic) bond motifs is 1. The molecular formula is C24H18Cl3N5S2. The van der Waals surface area contributed by atoms with Crippen LogP contribution in [-0.4, -0.2) is 32.4 Å². The first-order valence-corrected chi connectivity index (χ1v) is 13.9. The van der Waals surface area contributed by atoms with Crippen molar-refractivity contribution in [3.63, 3.8) is 0 Å². The second-order valence-corrected chi connectivity index (χ2v) is 12.7. The van der Waals surface area contributed by atoms with E-state index in [1.165, 1.54) is 10.6 Å². The SMILES string of the molecule is Clc1nc2c(s1)CC1(CCN(c3nc4ccc(Sc5cccc(Cl)c5Cl)c5ncc3n45)CC1)C2. The second-order valence-electron chi connectivity index (χ2n) is 9.12. The number of aromatic nitrogens is 4. The van der Waals surface area contributed by atoms with E-state index < -0.39 is 0 Å². The van der Waals surface area contributed by atoms with Gasteiger partial charge in [0.2, 0.25) is 0 Å². The zero-order valence-corrected chi connectivity index (χ0v) is 21.8. The topological polar surface area (TPSA) is 46.3 Å². The summed E-state index contributed by atoms with van der Waals surface area (Å²) in [7, 11) is 0. The van der Waals surface area contributed by atoms with Crippen LogP contribution in [0.25, 0.3) is 16.8 Å². The maximum atomic E-state index is 6.43. The summed E-state index contributed by atoms with van der Waals surface area (Å²) < 4.78 is 2.83. The quantitative estimate of drug-likeness (QED) is 0.238. The first-order valence-electron chi connectivity index (χ1n) is 11.1. The fraction of sp³-hybridized carbons (Fsp3) is 0.292. The van der Waals surface area contributed by atoms with Gasteiger partial charge in [-0.15, -0.1) is 11.3 Å². The number of hydrogen-bond donors (Lipinski definition) is 0. The van der Waals surface area contributed by atoms with Crippen LogP contribution in [0.3, 0.4) is 0 Å². The van der Waals surface area contributed by atoms with Gasteiger partial charge in [-0.1, -0.05) is 52.6 Å². The van der Waals surface area contributed by atoms with E-state index in [2.05, 4.69) is 26.4 Å². The summed E-state index contributed by atoms with van der Waals surface area (Å²) in [5.41, 5.74) is 4.41. The van der Waals surface area contributed by atoms with Crippen molar-refractivity contribution in [3.05, 3.63) is 61.6 Å². The molecule has 5 aromatic rings. The van der Waals surface area contributed by atoms with Crippen molar-refractivity contribution in [2.75, 3.05) is 18.0 Å². The summed E-state index contributed by atoms with van der Waals surface area (Å²) in [5.74, 6) is 1.02. The van der Waals surface area contributed by atoms with Crippen LogP contribution in [0, 0.1) is 5.41 Å². The van der Waals surface area contributed by atoms with E-state index in [0.717, 1.165) is 71.2 Å². The number of nitrogens with zero attached hydrogens (tertiary/aromatic N) is 5. The van der Waals surface area contributed by atoms with Crippen molar-refractivity contribution in [1.29, 1.82) is 0 Å². The van der Waals surface area contributed by atoms with Gasteiger partial charge in [0.05, 0.1) is 26.8 Å². The van der Waals surface area contributed by atoms with E-state index in [-0.39, 0.29) is 0 Å². The molecule has 0 bridgehead atoms. The van der Waals surface area contributed by atoms with E-state index in [1.807, 2.05) is 18.3 Å². The van der Waals surface area contributed by atoms with Gasteiger partial charge in [-0.05, 0) is 55.4 Å². The molecule has 7 rings (SSSR count). The number of rotatable bonds is 3. The van der Waals surface area contributed by atoms with E-state index in [4.69, 9.17) is 44.8 Å². The van der Waals surface area contributed by atoms with Gasteiger partial charge in [0, 0.05) is 22.9 Å². The van der Waals surface area contributed by atoms with Crippen molar-refractivity contribution in [2.45, 2.75) is 35.5 Å². The summed E-state index contributed by atoms with van der Waals surface area (Å²) in [6.45, 7) is 1.98. The summed E-state index contributed by atoms with van der Waals surface area (Å²) in [6.07, 6.45) is 6.38. The third-order valence-electron chi connectivity index (χ3n) is 7.13. The molecule has 0 radical (unpaired) electrons. The maximum absolute atomic E-state index is 6.43. The Bertz CT molecular complexity index is 1530. The predicted octanol–water partition coefficient (Wildman–Crippen LogP) is 7.27. The summed E-state index contributed by atoms with van der Waals surface area (Å²) in [4.78, 5) is 20.0. The Hall–Kier alpha value is -1.77. The van der Waals surface area contributed by atoms with Crippen LogP contribution in [-0.2, 0) is 12.8 Å². The average molecular weight is 547 g/mol. The molecule has 1 aliphatic carbocycles. The highest BCUT2D eigenvalue weighted by Gasteiger charge is 2.42. The maximum Gasteiger partial charge on any atom is 0.184 e. The Balaban J connectivity index is 1.17. The third kappa shape index (κ3) is 3.32. The van der Waals surface area contributed by atoms with Gasteiger partial charge in [0.1, 0.15) is 11.2 Å². The van der Waals surface area contributed by atoms with Crippen molar-refractivity contribution < 1.29 is 0 Å². The van der Waals surface area contributed by atoms with Gasteiger partial charge in [-0.2, -0.15) is 0 Å². The molecule has 5 nitrogen and oxygen atoms in total. The summed E-state index contributed by atoms with van der Waals surface area (Å²) in [6, 6.07) is 9.81. The normalized spacial score (nSPS) is 17.4. The van der Waals surface area contributed by atoms with Crippen LogP contribution in [0.1, 0.15) is 23.4 Å². The number of benzene rings is 1. The Morgan fingerprint density at radius 3 is 2.65 bits per heavy atom. The van der Waals surface area contributed by atoms with Gasteiger partial charge >= 0.3 is 0 Å². The largest absolute Gasteiger partial charge is 0.355 e. The van der Waals surface area contributed by atoms with Gasteiger partial charge in [0.15, 0.2) is 15.9 Å². The van der Waals surface area contributed by atoms with Crippen molar-refractivity contribution >= 4 is 80.5 Å². The number of imidazole rings is 2.